The lowest BCUT2D eigenvalue weighted by Gasteiger charge is -2.27. The molecule has 32 heavy (non-hydrogen) atoms. The SMILES string of the molecule is CCC(Oc1ccc2ccnc(N)c2c1)C(=O)Nc1ccc(N2CCCCC2=O)c(Cl)c1. The molecule has 0 saturated carbocycles. The summed E-state index contributed by atoms with van der Waals surface area (Å²) in [6.07, 6.45) is 3.80. The van der Waals surface area contributed by atoms with Crippen molar-refractivity contribution in [3.63, 3.8) is 0 Å². The number of nitrogens with zero attached hydrogens (tertiary/aromatic N) is 2. The number of anilines is 3. The zero-order valence-electron chi connectivity index (χ0n) is 17.8. The Kier molecular flexibility index (Phi) is 6.46. The topological polar surface area (TPSA) is 97.6 Å². The van der Waals surface area contributed by atoms with Gasteiger partial charge in [0.05, 0.1) is 10.7 Å². The van der Waals surface area contributed by atoms with Gasteiger partial charge in [0.15, 0.2) is 6.10 Å². The molecule has 8 heteroatoms. The molecule has 7 nitrogen and oxygen atoms in total. The standard InChI is InChI=1S/C24H25ClN4O3/c1-2-21(32-17-8-6-15-10-11-27-23(26)18(15)14-17)24(31)28-16-7-9-20(19(25)13-16)29-12-4-3-5-22(29)30/h6-11,13-14,21H,2-5,12H2,1H3,(H2,26,27)(H,28,31). The normalized spacial score (nSPS) is 14.9. The Morgan fingerprint density at radius 2 is 2.09 bits per heavy atom. The fourth-order valence-corrected chi connectivity index (χ4v) is 4.10. The van der Waals surface area contributed by atoms with Crippen LogP contribution in [0.15, 0.2) is 48.7 Å². The van der Waals surface area contributed by atoms with Crippen LogP contribution >= 0.6 is 11.6 Å². The first kappa shape index (κ1) is 21.9. The van der Waals surface area contributed by atoms with E-state index in [1.807, 2.05) is 19.1 Å². The van der Waals surface area contributed by atoms with Crippen LogP contribution in [0.5, 0.6) is 5.75 Å². The summed E-state index contributed by atoms with van der Waals surface area (Å²) in [5, 5.41) is 5.00. The fourth-order valence-electron chi connectivity index (χ4n) is 3.82. The quantitative estimate of drug-likeness (QED) is 0.560. The molecule has 1 fully saturated rings. The molecule has 1 aliphatic heterocycles. The van der Waals surface area contributed by atoms with Gasteiger partial charge in [-0.05, 0) is 61.0 Å². The smallest absolute Gasteiger partial charge is 0.265 e. The molecule has 1 unspecified atom stereocenters. The van der Waals surface area contributed by atoms with Crippen molar-refractivity contribution in [3.8, 4) is 5.75 Å². The number of amides is 2. The second-order valence-corrected chi connectivity index (χ2v) is 8.16. The monoisotopic (exact) mass is 452 g/mol. The first-order chi connectivity index (χ1) is 15.5. The number of pyridine rings is 1. The Morgan fingerprint density at radius 1 is 1.25 bits per heavy atom. The van der Waals surface area contributed by atoms with Crippen LogP contribution in [-0.4, -0.2) is 29.4 Å². The van der Waals surface area contributed by atoms with Gasteiger partial charge in [-0.15, -0.1) is 0 Å². The van der Waals surface area contributed by atoms with E-state index in [1.165, 1.54) is 0 Å². The van der Waals surface area contributed by atoms with E-state index in [9.17, 15) is 9.59 Å². The molecule has 2 aromatic carbocycles. The Hall–Kier alpha value is -3.32. The molecular formula is C24H25ClN4O3. The lowest BCUT2D eigenvalue weighted by molar-refractivity contribution is -0.123. The van der Waals surface area contributed by atoms with E-state index in [4.69, 9.17) is 22.1 Å². The van der Waals surface area contributed by atoms with E-state index in [1.54, 1.807) is 41.4 Å². The van der Waals surface area contributed by atoms with Gasteiger partial charge >= 0.3 is 0 Å². The molecule has 3 N–H and O–H groups in total. The number of halogens is 1. The van der Waals surface area contributed by atoms with Crippen LogP contribution < -0.4 is 20.7 Å². The van der Waals surface area contributed by atoms with Gasteiger partial charge in [-0.1, -0.05) is 24.6 Å². The van der Waals surface area contributed by atoms with E-state index >= 15 is 0 Å². The lowest BCUT2D eigenvalue weighted by atomic mass is 10.1. The van der Waals surface area contributed by atoms with E-state index in [-0.39, 0.29) is 11.8 Å². The van der Waals surface area contributed by atoms with Crippen molar-refractivity contribution >= 4 is 51.4 Å². The van der Waals surface area contributed by atoms with E-state index in [2.05, 4.69) is 10.3 Å². The summed E-state index contributed by atoms with van der Waals surface area (Å²) in [4.78, 5) is 30.8. The molecule has 1 aromatic heterocycles. The summed E-state index contributed by atoms with van der Waals surface area (Å²) in [6.45, 7) is 2.53. The number of ether oxygens (including phenoxy) is 1. The van der Waals surface area contributed by atoms with Gasteiger partial charge in [0.2, 0.25) is 5.91 Å². The number of nitrogens with two attached hydrogens (primary N) is 1. The Balaban J connectivity index is 1.47. The van der Waals surface area contributed by atoms with E-state index in [0.717, 1.165) is 23.6 Å². The summed E-state index contributed by atoms with van der Waals surface area (Å²) in [5.74, 6) is 0.730. The number of nitrogens with one attached hydrogen (secondary N) is 1. The highest BCUT2D eigenvalue weighted by molar-refractivity contribution is 6.34. The number of carbonyl (C=O) groups is 2. The van der Waals surface area contributed by atoms with Crippen LogP contribution in [0.1, 0.15) is 32.6 Å². The zero-order valence-corrected chi connectivity index (χ0v) is 18.6. The van der Waals surface area contributed by atoms with Gasteiger partial charge in [0.1, 0.15) is 11.6 Å². The minimum Gasteiger partial charge on any atom is -0.481 e. The predicted molar refractivity (Wildman–Crippen MR) is 127 cm³/mol. The van der Waals surface area contributed by atoms with Crippen molar-refractivity contribution in [2.24, 2.45) is 0 Å². The highest BCUT2D eigenvalue weighted by atomic mass is 35.5. The summed E-state index contributed by atoms with van der Waals surface area (Å²) in [5.41, 5.74) is 7.17. The Labute approximate surface area is 191 Å². The maximum Gasteiger partial charge on any atom is 0.265 e. The van der Waals surface area contributed by atoms with Crippen LogP contribution in [0.3, 0.4) is 0 Å². The molecule has 4 rings (SSSR count). The summed E-state index contributed by atoms with van der Waals surface area (Å²) >= 11 is 6.43. The second-order valence-electron chi connectivity index (χ2n) is 7.75. The third-order valence-corrected chi connectivity index (χ3v) is 5.84. The maximum atomic E-state index is 12.8. The zero-order chi connectivity index (χ0) is 22.7. The molecule has 1 aliphatic rings. The van der Waals surface area contributed by atoms with Gasteiger partial charge in [0, 0.05) is 30.2 Å². The van der Waals surface area contributed by atoms with Crippen molar-refractivity contribution < 1.29 is 14.3 Å². The average Bonchev–Trinajstić information content (AvgIpc) is 2.78. The van der Waals surface area contributed by atoms with Crippen molar-refractivity contribution in [2.45, 2.75) is 38.7 Å². The van der Waals surface area contributed by atoms with Gasteiger partial charge in [-0.2, -0.15) is 0 Å². The first-order valence-corrected chi connectivity index (χ1v) is 11.1. The molecule has 1 atom stereocenters. The Morgan fingerprint density at radius 3 is 2.84 bits per heavy atom. The van der Waals surface area contributed by atoms with Crippen LogP contribution in [0.2, 0.25) is 5.02 Å². The fraction of sp³-hybridized carbons (Fsp3) is 0.292. The molecule has 0 bridgehead atoms. The highest BCUT2D eigenvalue weighted by Crippen LogP contribution is 2.31. The minimum atomic E-state index is -0.701. The molecule has 166 valence electrons. The van der Waals surface area contributed by atoms with Gasteiger partial charge in [-0.25, -0.2) is 4.98 Å². The average molecular weight is 453 g/mol. The predicted octanol–water partition coefficient (Wildman–Crippen LogP) is 4.78. The molecule has 1 saturated heterocycles. The largest absolute Gasteiger partial charge is 0.481 e. The molecule has 0 aliphatic carbocycles. The van der Waals surface area contributed by atoms with Crippen LogP contribution in [0.25, 0.3) is 10.8 Å². The summed E-state index contributed by atoms with van der Waals surface area (Å²) in [7, 11) is 0. The van der Waals surface area contributed by atoms with Crippen LogP contribution in [-0.2, 0) is 9.59 Å². The van der Waals surface area contributed by atoms with Gasteiger partial charge in [0.25, 0.3) is 5.91 Å². The van der Waals surface area contributed by atoms with Crippen LogP contribution in [0, 0.1) is 0 Å². The first-order valence-electron chi connectivity index (χ1n) is 10.7. The highest BCUT2D eigenvalue weighted by Gasteiger charge is 2.23. The van der Waals surface area contributed by atoms with Gasteiger partial charge in [-0.3, -0.25) is 9.59 Å². The Bertz CT molecular complexity index is 1170. The number of fused-ring (bicyclic) bond motifs is 1. The molecule has 2 heterocycles. The maximum absolute atomic E-state index is 12.8. The third-order valence-electron chi connectivity index (χ3n) is 5.54. The number of rotatable bonds is 6. The molecule has 3 aromatic rings. The number of carbonyl (C=O) groups excluding carboxylic acids is 2. The number of piperidine rings is 1. The van der Waals surface area contributed by atoms with Crippen LogP contribution in [0.4, 0.5) is 17.2 Å². The summed E-state index contributed by atoms with van der Waals surface area (Å²) < 4.78 is 5.94. The number of nitrogen functional groups attached to an aromatic ring is 1. The minimum absolute atomic E-state index is 0.0700. The van der Waals surface area contributed by atoms with Crippen molar-refractivity contribution in [1.29, 1.82) is 0 Å². The van der Waals surface area contributed by atoms with Crippen molar-refractivity contribution in [2.75, 3.05) is 22.5 Å². The van der Waals surface area contributed by atoms with Gasteiger partial charge < -0.3 is 20.7 Å². The van der Waals surface area contributed by atoms with E-state index in [0.29, 0.717) is 47.4 Å². The van der Waals surface area contributed by atoms with Crippen molar-refractivity contribution in [3.05, 3.63) is 53.7 Å². The lowest BCUT2D eigenvalue weighted by Crippen LogP contribution is -2.35. The van der Waals surface area contributed by atoms with Crippen molar-refractivity contribution in [1.82, 2.24) is 4.98 Å². The third kappa shape index (κ3) is 4.62. The molecular weight excluding hydrogens is 428 g/mol. The molecule has 0 radical (unpaired) electrons. The molecule has 2 amide bonds. The number of hydrogen-bond donors (Lipinski definition) is 2. The van der Waals surface area contributed by atoms with E-state index < -0.39 is 6.10 Å². The molecule has 0 spiro atoms. The number of hydrogen-bond acceptors (Lipinski definition) is 5. The number of aromatic nitrogens is 1. The second kappa shape index (κ2) is 9.44. The number of benzene rings is 2. The summed E-state index contributed by atoms with van der Waals surface area (Å²) in [6, 6.07) is 12.5.